The number of nitrogens with zero attached hydrogens (tertiary/aromatic N) is 1. The van der Waals surface area contributed by atoms with E-state index in [-0.39, 0.29) is 0 Å². The van der Waals surface area contributed by atoms with Crippen molar-refractivity contribution < 1.29 is 9.47 Å². The molecule has 1 aliphatic heterocycles. The third-order valence-electron chi connectivity index (χ3n) is 3.13. The normalized spacial score (nSPS) is 16.9. The number of aromatic nitrogens is 1. The molecule has 0 saturated carbocycles. The fourth-order valence-electron chi connectivity index (χ4n) is 2.12. The number of fused-ring (bicyclic) bond motifs is 1. The van der Waals surface area contributed by atoms with Crippen molar-refractivity contribution in [3.05, 3.63) is 18.2 Å². The van der Waals surface area contributed by atoms with Gasteiger partial charge in [-0.05, 0) is 38.1 Å². The van der Waals surface area contributed by atoms with Crippen molar-refractivity contribution in [3.63, 3.8) is 0 Å². The van der Waals surface area contributed by atoms with Gasteiger partial charge in [-0.1, -0.05) is 11.3 Å². The van der Waals surface area contributed by atoms with Crippen molar-refractivity contribution in [2.45, 2.75) is 18.9 Å². The Morgan fingerprint density at radius 2 is 2.17 bits per heavy atom. The van der Waals surface area contributed by atoms with E-state index in [1.54, 1.807) is 18.4 Å². The molecule has 96 valence electrons. The molecule has 1 aromatic carbocycles. The first kappa shape index (κ1) is 11.7. The summed E-state index contributed by atoms with van der Waals surface area (Å²) in [5.41, 5.74) is 0.947. The molecule has 0 spiro atoms. The maximum atomic E-state index is 5.94. The van der Waals surface area contributed by atoms with Crippen LogP contribution in [-0.2, 0) is 0 Å². The zero-order valence-electron chi connectivity index (χ0n) is 10.3. The molecule has 0 radical (unpaired) electrons. The van der Waals surface area contributed by atoms with Gasteiger partial charge in [0.05, 0.1) is 17.3 Å². The van der Waals surface area contributed by atoms with E-state index in [0.717, 1.165) is 47.1 Å². The monoisotopic (exact) mass is 264 g/mol. The summed E-state index contributed by atoms with van der Waals surface area (Å²) >= 11 is 1.60. The summed E-state index contributed by atoms with van der Waals surface area (Å²) in [7, 11) is 1.67. The fraction of sp³-hybridized carbons (Fsp3) is 0.462. The standard InChI is InChI=1S/C13H16N2O2S/c1-16-10-2-3-12-11(8-10)15-13(18-12)17-9-4-6-14-7-5-9/h2-3,8-9,14H,4-7H2,1H3. The zero-order chi connectivity index (χ0) is 12.4. The average molecular weight is 264 g/mol. The predicted molar refractivity (Wildman–Crippen MR) is 72.7 cm³/mol. The van der Waals surface area contributed by atoms with Crippen LogP contribution in [0.1, 0.15) is 12.8 Å². The number of rotatable bonds is 3. The number of hydrogen-bond donors (Lipinski definition) is 1. The molecule has 4 nitrogen and oxygen atoms in total. The number of hydrogen-bond acceptors (Lipinski definition) is 5. The second-order valence-electron chi connectivity index (χ2n) is 4.38. The number of methoxy groups -OCH3 is 1. The predicted octanol–water partition coefficient (Wildman–Crippen LogP) is 2.44. The van der Waals surface area contributed by atoms with Crippen LogP contribution in [0.2, 0.25) is 0 Å². The first-order chi connectivity index (χ1) is 8.85. The van der Waals surface area contributed by atoms with Crippen LogP contribution in [0.5, 0.6) is 10.9 Å². The van der Waals surface area contributed by atoms with Crippen LogP contribution < -0.4 is 14.8 Å². The molecule has 0 aliphatic carbocycles. The molecule has 5 heteroatoms. The lowest BCUT2D eigenvalue weighted by atomic mass is 10.1. The van der Waals surface area contributed by atoms with Crippen LogP contribution in [0.25, 0.3) is 10.2 Å². The van der Waals surface area contributed by atoms with E-state index in [2.05, 4.69) is 10.3 Å². The van der Waals surface area contributed by atoms with Crippen LogP contribution in [0.15, 0.2) is 18.2 Å². The minimum absolute atomic E-state index is 0.300. The summed E-state index contributed by atoms with van der Waals surface area (Å²) in [6.07, 6.45) is 2.41. The average Bonchev–Trinajstić information content (AvgIpc) is 2.80. The summed E-state index contributed by atoms with van der Waals surface area (Å²) in [6, 6.07) is 5.93. The van der Waals surface area contributed by atoms with Gasteiger partial charge in [0.2, 0.25) is 0 Å². The number of thiazole rings is 1. The molecule has 1 fully saturated rings. The number of nitrogens with one attached hydrogen (secondary N) is 1. The highest BCUT2D eigenvalue weighted by molar-refractivity contribution is 7.20. The van der Waals surface area contributed by atoms with Gasteiger partial charge in [-0.15, -0.1) is 0 Å². The highest BCUT2D eigenvalue weighted by Crippen LogP contribution is 2.31. The second kappa shape index (κ2) is 5.12. The molecule has 3 rings (SSSR count). The molecule has 2 aromatic rings. The maximum Gasteiger partial charge on any atom is 0.274 e. The van der Waals surface area contributed by atoms with Gasteiger partial charge in [0, 0.05) is 6.07 Å². The van der Waals surface area contributed by atoms with Crippen molar-refractivity contribution in [1.29, 1.82) is 0 Å². The molecular formula is C13H16N2O2S. The minimum atomic E-state index is 0.300. The van der Waals surface area contributed by atoms with Gasteiger partial charge >= 0.3 is 0 Å². The van der Waals surface area contributed by atoms with Crippen molar-refractivity contribution in [3.8, 4) is 10.9 Å². The number of ether oxygens (including phenoxy) is 2. The molecule has 18 heavy (non-hydrogen) atoms. The molecule has 0 amide bonds. The summed E-state index contributed by atoms with van der Waals surface area (Å²) in [6.45, 7) is 2.06. The molecular weight excluding hydrogens is 248 g/mol. The quantitative estimate of drug-likeness (QED) is 0.924. The van der Waals surface area contributed by atoms with Gasteiger partial charge in [0.25, 0.3) is 5.19 Å². The lowest BCUT2D eigenvalue weighted by Gasteiger charge is -2.22. The van der Waals surface area contributed by atoms with Gasteiger partial charge in [-0.3, -0.25) is 0 Å². The Labute approximate surface area is 110 Å². The molecule has 1 saturated heterocycles. The Morgan fingerprint density at radius 3 is 2.94 bits per heavy atom. The largest absolute Gasteiger partial charge is 0.497 e. The molecule has 2 heterocycles. The lowest BCUT2D eigenvalue weighted by Crippen LogP contribution is -2.34. The van der Waals surface area contributed by atoms with Crippen molar-refractivity contribution >= 4 is 21.6 Å². The molecule has 1 aromatic heterocycles. The van der Waals surface area contributed by atoms with Crippen molar-refractivity contribution in [2.75, 3.05) is 20.2 Å². The maximum absolute atomic E-state index is 5.94. The Kier molecular flexibility index (Phi) is 3.34. The Morgan fingerprint density at radius 1 is 1.33 bits per heavy atom. The summed E-state index contributed by atoms with van der Waals surface area (Å²) < 4.78 is 12.3. The third kappa shape index (κ3) is 2.42. The van der Waals surface area contributed by atoms with Gasteiger partial charge in [-0.25, -0.2) is 4.98 Å². The first-order valence-corrected chi connectivity index (χ1v) is 6.99. The molecule has 1 N–H and O–H groups in total. The molecule has 0 atom stereocenters. The van der Waals surface area contributed by atoms with E-state index in [1.807, 2.05) is 18.2 Å². The van der Waals surface area contributed by atoms with Crippen LogP contribution in [0.3, 0.4) is 0 Å². The third-order valence-corrected chi connectivity index (χ3v) is 4.06. The van der Waals surface area contributed by atoms with E-state index in [0.29, 0.717) is 6.10 Å². The lowest BCUT2D eigenvalue weighted by molar-refractivity contribution is 0.162. The van der Waals surface area contributed by atoms with Crippen LogP contribution in [-0.4, -0.2) is 31.3 Å². The summed E-state index contributed by atoms with van der Waals surface area (Å²) in [5.74, 6) is 0.834. The van der Waals surface area contributed by atoms with Crippen LogP contribution >= 0.6 is 11.3 Å². The molecule has 1 aliphatic rings. The Hall–Kier alpha value is -1.33. The minimum Gasteiger partial charge on any atom is -0.497 e. The van der Waals surface area contributed by atoms with E-state index in [1.165, 1.54) is 0 Å². The van der Waals surface area contributed by atoms with Gasteiger partial charge < -0.3 is 14.8 Å². The van der Waals surface area contributed by atoms with E-state index < -0.39 is 0 Å². The molecule has 0 unspecified atom stereocenters. The van der Waals surface area contributed by atoms with E-state index in [4.69, 9.17) is 9.47 Å². The van der Waals surface area contributed by atoms with Gasteiger partial charge in [0.15, 0.2) is 0 Å². The van der Waals surface area contributed by atoms with Crippen molar-refractivity contribution in [2.24, 2.45) is 0 Å². The second-order valence-corrected chi connectivity index (χ2v) is 5.37. The Balaban J connectivity index is 1.79. The Bertz CT molecular complexity index is 535. The topological polar surface area (TPSA) is 43.4 Å². The number of piperidine rings is 1. The summed E-state index contributed by atoms with van der Waals surface area (Å²) in [5, 5.41) is 4.10. The fourth-order valence-corrected chi connectivity index (χ4v) is 2.98. The smallest absolute Gasteiger partial charge is 0.274 e. The number of benzene rings is 1. The first-order valence-electron chi connectivity index (χ1n) is 6.17. The van der Waals surface area contributed by atoms with Crippen LogP contribution in [0.4, 0.5) is 0 Å². The van der Waals surface area contributed by atoms with Gasteiger partial charge in [0.1, 0.15) is 11.9 Å². The van der Waals surface area contributed by atoms with E-state index in [9.17, 15) is 0 Å². The highest BCUT2D eigenvalue weighted by atomic mass is 32.1. The summed E-state index contributed by atoms with van der Waals surface area (Å²) in [4.78, 5) is 4.51. The van der Waals surface area contributed by atoms with Crippen molar-refractivity contribution in [1.82, 2.24) is 10.3 Å². The van der Waals surface area contributed by atoms with E-state index >= 15 is 0 Å². The zero-order valence-corrected chi connectivity index (χ0v) is 11.1. The van der Waals surface area contributed by atoms with Gasteiger partial charge in [-0.2, -0.15) is 0 Å². The van der Waals surface area contributed by atoms with Crippen LogP contribution in [0, 0.1) is 0 Å². The highest BCUT2D eigenvalue weighted by Gasteiger charge is 2.16. The molecule has 0 bridgehead atoms. The SMILES string of the molecule is COc1ccc2sc(OC3CCNCC3)nc2c1.